The van der Waals surface area contributed by atoms with E-state index in [1.807, 2.05) is 0 Å². The van der Waals surface area contributed by atoms with Gasteiger partial charge in [0.05, 0.1) is 19.4 Å². The van der Waals surface area contributed by atoms with Crippen LogP contribution in [0.25, 0.3) is 17.2 Å². The lowest BCUT2D eigenvalue weighted by Crippen LogP contribution is -2.38. The van der Waals surface area contributed by atoms with Gasteiger partial charge in [-0.25, -0.2) is 14.6 Å². The topological polar surface area (TPSA) is 106 Å². The summed E-state index contributed by atoms with van der Waals surface area (Å²) >= 11 is 0. The minimum absolute atomic E-state index is 0.310. The van der Waals surface area contributed by atoms with Crippen molar-refractivity contribution in [2.75, 3.05) is 13.2 Å². The molecule has 24 heavy (non-hydrogen) atoms. The summed E-state index contributed by atoms with van der Waals surface area (Å²) in [7, 11) is 0. The van der Waals surface area contributed by atoms with Gasteiger partial charge in [0.15, 0.2) is 11.4 Å². The number of H-pyrrole nitrogens is 1. The Morgan fingerprint density at radius 3 is 3.12 bits per heavy atom. The first-order valence-corrected chi connectivity index (χ1v) is 7.63. The fourth-order valence-electron chi connectivity index (χ4n) is 2.82. The maximum Gasteiger partial charge on any atom is 0.410 e. The van der Waals surface area contributed by atoms with E-state index in [0.29, 0.717) is 43.3 Å². The van der Waals surface area contributed by atoms with Crippen molar-refractivity contribution >= 4 is 11.7 Å². The third-order valence-electron chi connectivity index (χ3n) is 3.94. The molecule has 124 valence electrons. The zero-order valence-corrected chi connectivity index (χ0v) is 13.0. The average molecular weight is 329 g/mol. The second kappa shape index (κ2) is 5.52. The molecule has 0 aromatic carbocycles. The molecule has 0 fully saturated rings. The second-order valence-corrected chi connectivity index (χ2v) is 5.41. The molecule has 0 spiro atoms. The van der Waals surface area contributed by atoms with Crippen LogP contribution in [0.3, 0.4) is 0 Å². The number of carbonyl (C=O) groups is 1. The van der Waals surface area contributed by atoms with Crippen LogP contribution in [-0.2, 0) is 17.7 Å². The van der Waals surface area contributed by atoms with E-state index in [-0.39, 0.29) is 11.8 Å². The van der Waals surface area contributed by atoms with E-state index in [0.717, 1.165) is 11.3 Å². The van der Waals surface area contributed by atoms with E-state index in [9.17, 15) is 9.59 Å². The number of hydrogen-bond acceptors (Lipinski definition) is 6. The van der Waals surface area contributed by atoms with Crippen molar-refractivity contribution < 1.29 is 13.9 Å². The molecule has 4 heterocycles. The zero-order chi connectivity index (χ0) is 16.7. The van der Waals surface area contributed by atoms with Gasteiger partial charge in [0.2, 0.25) is 5.82 Å². The maximum atomic E-state index is 12.2. The lowest BCUT2D eigenvalue weighted by atomic mass is 10.1. The van der Waals surface area contributed by atoms with Crippen molar-refractivity contribution in [3.63, 3.8) is 0 Å². The molecule has 3 aromatic rings. The predicted octanol–water partition coefficient (Wildman–Crippen LogP) is 1.19. The van der Waals surface area contributed by atoms with Crippen LogP contribution in [-0.4, -0.2) is 43.7 Å². The fraction of sp³-hybridized carbons (Fsp3) is 0.333. The molecular formula is C15H15N5O4. The van der Waals surface area contributed by atoms with Crippen molar-refractivity contribution in [2.24, 2.45) is 0 Å². The number of ether oxygens (including phenoxy) is 1. The molecule has 4 rings (SSSR count). The summed E-state index contributed by atoms with van der Waals surface area (Å²) in [5.41, 5.74) is 1.60. The van der Waals surface area contributed by atoms with Gasteiger partial charge in [-0.15, -0.1) is 5.10 Å². The van der Waals surface area contributed by atoms with Crippen molar-refractivity contribution in [1.82, 2.24) is 24.5 Å². The van der Waals surface area contributed by atoms with Gasteiger partial charge in [0.25, 0.3) is 0 Å². The minimum atomic E-state index is -0.377. The third kappa shape index (κ3) is 2.25. The molecule has 0 atom stereocenters. The van der Waals surface area contributed by atoms with Crippen LogP contribution in [0.2, 0.25) is 0 Å². The number of amides is 1. The van der Waals surface area contributed by atoms with E-state index < -0.39 is 0 Å². The van der Waals surface area contributed by atoms with Crippen molar-refractivity contribution in [3.05, 3.63) is 40.1 Å². The van der Waals surface area contributed by atoms with E-state index in [1.54, 1.807) is 24.0 Å². The first-order chi connectivity index (χ1) is 11.7. The van der Waals surface area contributed by atoms with Crippen LogP contribution < -0.4 is 5.69 Å². The first-order valence-electron chi connectivity index (χ1n) is 7.63. The third-order valence-corrected chi connectivity index (χ3v) is 3.94. The fourth-order valence-corrected chi connectivity index (χ4v) is 2.82. The van der Waals surface area contributed by atoms with E-state index >= 15 is 0 Å². The van der Waals surface area contributed by atoms with Crippen LogP contribution in [0.1, 0.15) is 18.2 Å². The number of hydrogen-bond donors (Lipinski definition) is 1. The molecule has 1 amide bonds. The Hall–Kier alpha value is -3.10. The van der Waals surface area contributed by atoms with Crippen LogP contribution >= 0.6 is 0 Å². The summed E-state index contributed by atoms with van der Waals surface area (Å²) in [6, 6.07) is 3.45. The van der Waals surface area contributed by atoms with Crippen LogP contribution in [0, 0.1) is 0 Å². The molecule has 0 saturated heterocycles. The molecule has 0 bridgehead atoms. The van der Waals surface area contributed by atoms with Crippen molar-refractivity contribution in [3.8, 4) is 11.6 Å². The van der Waals surface area contributed by atoms with Gasteiger partial charge in [-0.3, -0.25) is 0 Å². The Labute approximate surface area is 135 Å². The average Bonchev–Trinajstić information content (AvgIpc) is 3.24. The Bertz CT molecular complexity index is 956. The Balaban J connectivity index is 1.81. The molecule has 3 aromatic heterocycles. The summed E-state index contributed by atoms with van der Waals surface area (Å²) in [6.45, 7) is 2.87. The number of rotatable bonds is 2. The SMILES string of the molecule is CCOC(=O)N1CCc2[nH]c(=O)n3nc(-c4ccco4)nc3c2C1. The highest BCUT2D eigenvalue weighted by atomic mass is 16.6. The Morgan fingerprint density at radius 1 is 1.50 bits per heavy atom. The minimum Gasteiger partial charge on any atom is -0.461 e. The molecule has 1 aliphatic heterocycles. The highest BCUT2D eigenvalue weighted by Gasteiger charge is 2.26. The summed E-state index contributed by atoms with van der Waals surface area (Å²) < 4.78 is 11.5. The second-order valence-electron chi connectivity index (χ2n) is 5.41. The highest BCUT2D eigenvalue weighted by molar-refractivity contribution is 5.69. The van der Waals surface area contributed by atoms with Gasteiger partial charge in [-0.05, 0) is 19.1 Å². The summed E-state index contributed by atoms with van der Waals surface area (Å²) in [4.78, 5) is 33.0. The molecule has 0 saturated carbocycles. The number of carbonyl (C=O) groups excluding carboxylic acids is 1. The van der Waals surface area contributed by atoms with E-state index in [1.165, 1.54) is 10.8 Å². The standard InChI is InChI=1S/C15H15N5O4/c1-2-23-15(22)19-6-5-10-9(8-19)13-17-12(11-4-3-7-24-11)18-20(13)14(21)16-10/h3-4,7H,2,5-6,8H2,1H3,(H,16,21). The summed E-state index contributed by atoms with van der Waals surface area (Å²) in [5.74, 6) is 0.803. The van der Waals surface area contributed by atoms with Crippen LogP contribution in [0.15, 0.2) is 27.6 Å². The van der Waals surface area contributed by atoms with Gasteiger partial charge < -0.3 is 19.0 Å². The van der Waals surface area contributed by atoms with Gasteiger partial charge in [-0.2, -0.15) is 4.52 Å². The molecule has 9 nitrogen and oxygen atoms in total. The normalized spacial score (nSPS) is 14.0. The first kappa shape index (κ1) is 14.5. The maximum absolute atomic E-state index is 12.2. The number of aromatic amines is 1. The van der Waals surface area contributed by atoms with Gasteiger partial charge in [-0.1, -0.05) is 0 Å². The number of aromatic nitrogens is 4. The monoisotopic (exact) mass is 329 g/mol. The largest absolute Gasteiger partial charge is 0.461 e. The lowest BCUT2D eigenvalue weighted by molar-refractivity contribution is 0.102. The quantitative estimate of drug-likeness (QED) is 0.757. The number of nitrogens with one attached hydrogen (secondary N) is 1. The van der Waals surface area contributed by atoms with Gasteiger partial charge in [0.1, 0.15) is 0 Å². The molecule has 1 N–H and O–H groups in total. The van der Waals surface area contributed by atoms with Crippen LogP contribution in [0.4, 0.5) is 4.79 Å². The smallest absolute Gasteiger partial charge is 0.410 e. The lowest BCUT2D eigenvalue weighted by Gasteiger charge is -2.27. The zero-order valence-electron chi connectivity index (χ0n) is 13.0. The summed E-state index contributed by atoms with van der Waals surface area (Å²) in [5, 5.41) is 4.20. The molecule has 0 aliphatic carbocycles. The number of furan rings is 1. The molecule has 9 heteroatoms. The summed E-state index contributed by atoms with van der Waals surface area (Å²) in [6.07, 6.45) is 1.67. The number of nitrogens with zero attached hydrogens (tertiary/aromatic N) is 4. The molecular weight excluding hydrogens is 314 g/mol. The van der Waals surface area contributed by atoms with Crippen molar-refractivity contribution in [1.29, 1.82) is 0 Å². The Kier molecular flexibility index (Phi) is 3.33. The molecule has 1 aliphatic rings. The van der Waals surface area contributed by atoms with E-state index in [2.05, 4.69) is 15.1 Å². The van der Waals surface area contributed by atoms with Crippen molar-refractivity contribution in [2.45, 2.75) is 19.9 Å². The van der Waals surface area contributed by atoms with E-state index in [4.69, 9.17) is 9.15 Å². The number of fused-ring (bicyclic) bond motifs is 3. The van der Waals surface area contributed by atoms with Gasteiger partial charge >= 0.3 is 11.8 Å². The predicted molar refractivity (Wildman–Crippen MR) is 82.4 cm³/mol. The van der Waals surface area contributed by atoms with Crippen LogP contribution in [0.5, 0.6) is 0 Å². The Morgan fingerprint density at radius 2 is 2.38 bits per heavy atom. The highest BCUT2D eigenvalue weighted by Crippen LogP contribution is 2.23. The van der Waals surface area contributed by atoms with Gasteiger partial charge in [0, 0.05) is 24.2 Å². The molecule has 0 unspecified atom stereocenters. The molecule has 0 radical (unpaired) electrons.